The highest BCUT2D eigenvalue weighted by Gasteiger charge is 2.19. The van der Waals surface area contributed by atoms with Crippen molar-refractivity contribution in [3.63, 3.8) is 0 Å². The second kappa shape index (κ2) is 5.12. The minimum absolute atomic E-state index is 0.0537. The maximum Gasteiger partial charge on any atom is 0.242 e. The van der Waals surface area contributed by atoms with Crippen molar-refractivity contribution in [1.29, 1.82) is 0 Å². The number of benzene rings is 1. The summed E-state index contributed by atoms with van der Waals surface area (Å²) in [5.74, 6) is 0. The standard InChI is InChI=1S/C12H15N3O3S/c1-8(16)7-15-19(17,18)11-5-4-10(13)9-3-2-6-14-12(9)11/h2-6,8,15-16H,7,13H2,1H3/t8-/m1/s1. The summed E-state index contributed by atoms with van der Waals surface area (Å²) in [4.78, 5) is 4.13. The van der Waals surface area contributed by atoms with E-state index in [1.807, 2.05) is 0 Å². The van der Waals surface area contributed by atoms with Crippen molar-refractivity contribution in [1.82, 2.24) is 9.71 Å². The number of sulfonamides is 1. The van der Waals surface area contributed by atoms with Gasteiger partial charge < -0.3 is 10.8 Å². The van der Waals surface area contributed by atoms with Crippen LogP contribution in [0.2, 0.25) is 0 Å². The Morgan fingerprint density at radius 1 is 1.42 bits per heavy atom. The first-order chi connectivity index (χ1) is 8.92. The van der Waals surface area contributed by atoms with E-state index in [-0.39, 0.29) is 11.4 Å². The molecule has 19 heavy (non-hydrogen) atoms. The molecular weight excluding hydrogens is 266 g/mol. The van der Waals surface area contributed by atoms with E-state index in [9.17, 15) is 8.42 Å². The first-order valence-corrected chi connectivity index (χ1v) is 7.21. The molecule has 2 rings (SSSR count). The summed E-state index contributed by atoms with van der Waals surface area (Å²) in [7, 11) is -3.73. The molecule has 1 atom stereocenters. The number of aliphatic hydroxyl groups is 1. The fraction of sp³-hybridized carbons (Fsp3) is 0.250. The Bertz CT molecular complexity index is 698. The van der Waals surface area contributed by atoms with Crippen LogP contribution in [0.1, 0.15) is 6.92 Å². The van der Waals surface area contributed by atoms with Crippen molar-refractivity contribution >= 4 is 26.6 Å². The number of nitrogens with one attached hydrogen (secondary N) is 1. The van der Waals surface area contributed by atoms with Gasteiger partial charge >= 0.3 is 0 Å². The molecule has 1 aromatic heterocycles. The van der Waals surface area contributed by atoms with Gasteiger partial charge in [0.1, 0.15) is 4.90 Å². The third-order valence-corrected chi connectivity index (χ3v) is 4.08. The quantitative estimate of drug-likeness (QED) is 0.707. The van der Waals surface area contributed by atoms with E-state index < -0.39 is 16.1 Å². The third-order valence-electron chi connectivity index (χ3n) is 2.62. The number of anilines is 1. The van der Waals surface area contributed by atoms with Crippen LogP contribution in [0, 0.1) is 0 Å². The van der Waals surface area contributed by atoms with Gasteiger partial charge in [-0.2, -0.15) is 0 Å². The molecule has 0 fully saturated rings. The van der Waals surface area contributed by atoms with Crippen molar-refractivity contribution in [2.24, 2.45) is 0 Å². The number of nitrogens with zero attached hydrogens (tertiary/aromatic N) is 1. The molecule has 0 aliphatic rings. The normalized spacial score (nSPS) is 13.6. The number of fused-ring (bicyclic) bond motifs is 1. The molecule has 7 heteroatoms. The molecule has 4 N–H and O–H groups in total. The van der Waals surface area contributed by atoms with Crippen LogP contribution in [0.4, 0.5) is 5.69 Å². The molecule has 1 aromatic carbocycles. The molecule has 0 saturated heterocycles. The topological polar surface area (TPSA) is 105 Å². The van der Waals surface area contributed by atoms with Gasteiger partial charge in [-0.15, -0.1) is 0 Å². The van der Waals surface area contributed by atoms with Crippen LogP contribution in [0.5, 0.6) is 0 Å². The maximum absolute atomic E-state index is 12.2. The van der Waals surface area contributed by atoms with E-state index in [4.69, 9.17) is 10.8 Å². The summed E-state index contributed by atoms with van der Waals surface area (Å²) in [6, 6.07) is 6.35. The van der Waals surface area contributed by atoms with Crippen LogP contribution in [0.3, 0.4) is 0 Å². The maximum atomic E-state index is 12.2. The minimum Gasteiger partial charge on any atom is -0.398 e. The zero-order valence-electron chi connectivity index (χ0n) is 10.4. The van der Waals surface area contributed by atoms with Crippen molar-refractivity contribution in [3.05, 3.63) is 30.5 Å². The number of aromatic nitrogens is 1. The number of nitrogen functional groups attached to an aromatic ring is 1. The zero-order chi connectivity index (χ0) is 14.0. The lowest BCUT2D eigenvalue weighted by atomic mass is 10.2. The van der Waals surface area contributed by atoms with Crippen LogP contribution in [-0.4, -0.2) is 31.2 Å². The summed E-state index contributed by atoms with van der Waals surface area (Å²) in [5, 5.41) is 9.74. The van der Waals surface area contributed by atoms with Crippen LogP contribution >= 0.6 is 0 Å². The van der Waals surface area contributed by atoms with Gasteiger partial charge in [-0.1, -0.05) is 0 Å². The molecule has 0 amide bonds. The molecule has 0 saturated carbocycles. The fourth-order valence-corrected chi connectivity index (χ4v) is 2.97. The second-order valence-corrected chi connectivity index (χ2v) is 5.99. The number of nitrogens with two attached hydrogens (primary N) is 1. The van der Waals surface area contributed by atoms with Gasteiger partial charge in [-0.25, -0.2) is 13.1 Å². The lowest BCUT2D eigenvalue weighted by Crippen LogP contribution is -2.30. The molecule has 0 aliphatic carbocycles. The van der Waals surface area contributed by atoms with Gasteiger partial charge in [-0.3, -0.25) is 4.98 Å². The van der Waals surface area contributed by atoms with Crippen LogP contribution in [-0.2, 0) is 10.0 Å². The van der Waals surface area contributed by atoms with Crippen molar-refractivity contribution in [3.8, 4) is 0 Å². The van der Waals surface area contributed by atoms with Crippen LogP contribution in [0.25, 0.3) is 10.9 Å². The number of hydrogen-bond acceptors (Lipinski definition) is 5. The Morgan fingerprint density at radius 2 is 2.16 bits per heavy atom. The van der Waals surface area contributed by atoms with E-state index in [0.717, 1.165) is 0 Å². The number of hydrogen-bond donors (Lipinski definition) is 3. The SMILES string of the molecule is C[C@@H](O)CNS(=O)(=O)c1ccc(N)c2cccnc12. The Hall–Kier alpha value is -1.70. The van der Waals surface area contributed by atoms with Gasteiger partial charge in [0, 0.05) is 23.8 Å². The van der Waals surface area contributed by atoms with Crippen LogP contribution < -0.4 is 10.5 Å². The molecule has 0 radical (unpaired) electrons. The van der Waals surface area contributed by atoms with E-state index in [1.54, 1.807) is 12.1 Å². The summed E-state index contributed by atoms with van der Waals surface area (Å²) in [6.07, 6.45) is 0.748. The van der Waals surface area contributed by atoms with Gasteiger partial charge in [-0.05, 0) is 31.2 Å². The zero-order valence-corrected chi connectivity index (χ0v) is 11.2. The summed E-state index contributed by atoms with van der Waals surface area (Å²) in [5.41, 5.74) is 6.59. The average molecular weight is 281 g/mol. The van der Waals surface area contributed by atoms with E-state index in [1.165, 1.54) is 25.3 Å². The second-order valence-electron chi connectivity index (χ2n) is 4.25. The van der Waals surface area contributed by atoms with Crippen molar-refractivity contribution in [2.45, 2.75) is 17.9 Å². The lowest BCUT2D eigenvalue weighted by Gasteiger charge is -2.11. The predicted octanol–water partition coefficient (Wildman–Crippen LogP) is 0.476. The number of pyridine rings is 1. The highest BCUT2D eigenvalue weighted by atomic mass is 32.2. The Labute approximate surface area is 111 Å². The monoisotopic (exact) mass is 281 g/mol. The van der Waals surface area contributed by atoms with E-state index in [2.05, 4.69) is 9.71 Å². The summed E-state index contributed by atoms with van der Waals surface area (Å²) >= 11 is 0. The molecular formula is C12H15N3O3S. The number of rotatable bonds is 4. The Kier molecular flexibility index (Phi) is 3.70. The largest absolute Gasteiger partial charge is 0.398 e. The van der Waals surface area contributed by atoms with Crippen LogP contribution in [0.15, 0.2) is 35.4 Å². The first-order valence-electron chi connectivity index (χ1n) is 5.73. The Morgan fingerprint density at radius 3 is 2.84 bits per heavy atom. The van der Waals surface area contributed by atoms with E-state index in [0.29, 0.717) is 16.6 Å². The Balaban J connectivity index is 2.54. The minimum atomic E-state index is -3.73. The molecule has 102 valence electrons. The highest BCUT2D eigenvalue weighted by molar-refractivity contribution is 7.89. The molecule has 6 nitrogen and oxygen atoms in total. The summed E-state index contributed by atoms with van der Waals surface area (Å²) in [6.45, 7) is 1.45. The fourth-order valence-electron chi connectivity index (χ4n) is 1.69. The predicted molar refractivity (Wildman–Crippen MR) is 73.0 cm³/mol. The molecule has 0 spiro atoms. The lowest BCUT2D eigenvalue weighted by molar-refractivity contribution is 0.198. The molecule has 0 unspecified atom stereocenters. The van der Waals surface area contributed by atoms with Gasteiger partial charge in [0.25, 0.3) is 0 Å². The molecule has 0 bridgehead atoms. The van der Waals surface area contributed by atoms with Gasteiger partial charge in [0.05, 0.1) is 11.6 Å². The summed E-state index contributed by atoms with van der Waals surface area (Å²) < 4.78 is 26.6. The average Bonchev–Trinajstić information content (AvgIpc) is 2.37. The van der Waals surface area contributed by atoms with Gasteiger partial charge in [0.15, 0.2) is 0 Å². The molecule has 0 aliphatic heterocycles. The van der Waals surface area contributed by atoms with E-state index >= 15 is 0 Å². The smallest absolute Gasteiger partial charge is 0.242 e. The van der Waals surface area contributed by atoms with Crippen molar-refractivity contribution < 1.29 is 13.5 Å². The molecule has 1 heterocycles. The third kappa shape index (κ3) is 2.83. The highest BCUT2D eigenvalue weighted by Crippen LogP contribution is 2.25. The van der Waals surface area contributed by atoms with Crippen molar-refractivity contribution in [2.75, 3.05) is 12.3 Å². The van der Waals surface area contributed by atoms with Gasteiger partial charge in [0.2, 0.25) is 10.0 Å². The first kappa shape index (κ1) is 13.7. The molecule has 2 aromatic rings. The number of aliphatic hydroxyl groups excluding tert-OH is 1.